The largest absolute Gasteiger partial charge is 0.374 e. The van der Waals surface area contributed by atoms with Crippen molar-refractivity contribution >= 4 is 0 Å². The fraction of sp³-hybridized carbons (Fsp3) is 0.556. The fourth-order valence-electron chi connectivity index (χ4n) is 0.883. The Bertz CT molecular complexity index is 159. The van der Waals surface area contributed by atoms with Crippen molar-refractivity contribution in [3.05, 3.63) is 24.8 Å². The molecule has 1 aliphatic rings. The number of hydrogen-bond acceptors (Lipinski definition) is 4. The Hall–Kier alpha value is -0.680. The second-order valence-corrected chi connectivity index (χ2v) is 2.50. The molecule has 1 atom stereocenters. The highest BCUT2D eigenvalue weighted by molar-refractivity contribution is 4.90. The summed E-state index contributed by atoms with van der Waals surface area (Å²) in [5, 5.41) is 0. The van der Waals surface area contributed by atoms with Gasteiger partial charge in [0.15, 0.2) is 0 Å². The Kier molecular flexibility index (Phi) is 7.53. The minimum absolute atomic E-state index is 0. The van der Waals surface area contributed by atoms with Crippen LogP contribution in [0.25, 0.3) is 0 Å². The maximum atomic E-state index is 5.20. The van der Waals surface area contributed by atoms with E-state index in [1.54, 1.807) is 6.08 Å². The minimum atomic E-state index is -0.0764. The van der Waals surface area contributed by atoms with E-state index in [0.717, 1.165) is 6.42 Å². The second-order valence-electron chi connectivity index (χ2n) is 2.50. The molecule has 3 N–H and O–H groups in total. The first-order chi connectivity index (χ1) is 5.93. The van der Waals surface area contributed by atoms with E-state index in [1.165, 1.54) is 0 Å². The van der Waals surface area contributed by atoms with E-state index in [0.29, 0.717) is 19.8 Å². The third-order valence-corrected chi connectivity index (χ3v) is 1.43. The van der Waals surface area contributed by atoms with Crippen LogP contribution in [0.3, 0.4) is 0 Å². The van der Waals surface area contributed by atoms with Gasteiger partial charge in [-0.3, -0.25) is 0 Å². The minimum Gasteiger partial charge on any atom is -0.374 e. The lowest BCUT2D eigenvalue weighted by atomic mass is 10.3. The van der Waals surface area contributed by atoms with Crippen molar-refractivity contribution in [2.45, 2.75) is 12.5 Å². The average molecular weight is 187 g/mol. The van der Waals surface area contributed by atoms with Gasteiger partial charge in [-0.15, -0.1) is 6.58 Å². The van der Waals surface area contributed by atoms with Crippen LogP contribution in [0.2, 0.25) is 0 Å². The molecule has 0 saturated carbocycles. The first-order valence-electron chi connectivity index (χ1n) is 4.07. The van der Waals surface area contributed by atoms with E-state index in [2.05, 4.69) is 6.58 Å². The van der Waals surface area contributed by atoms with Crippen LogP contribution in [0.5, 0.6) is 0 Å². The summed E-state index contributed by atoms with van der Waals surface area (Å²) >= 11 is 0. The predicted octanol–water partition coefficient (Wildman–Crippen LogP) is 1.63. The first kappa shape index (κ1) is 12.3. The van der Waals surface area contributed by atoms with Crippen LogP contribution in [0, 0.1) is 0 Å². The van der Waals surface area contributed by atoms with E-state index >= 15 is 0 Å². The lowest BCUT2D eigenvalue weighted by molar-refractivity contribution is -0.316. The quantitative estimate of drug-likeness (QED) is 0.412. The van der Waals surface area contributed by atoms with Crippen LogP contribution in [0.1, 0.15) is 6.42 Å². The van der Waals surface area contributed by atoms with Gasteiger partial charge in [-0.05, 0) is 6.42 Å². The summed E-state index contributed by atoms with van der Waals surface area (Å²) in [6, 6.07) is 0. The molecule has 1 unspecified atom stereocenters. The van der Waals surface area contributed by atoms with E-state index in [1.807, 2.05) is 12.2 Å². The molecule has 0 fully saturated rings. The molecule has 0 aliphatic carbocycles. The normalized spacial score (nSPS) is 21.7. The zero-order chi connectivity index (χ0) is 8.65. The molecule has 0 bridgehead atoms. The van der Waals surface area contributed by atoms with Crippen LogP contribution < -0.4 is 6.15 Å². The number of hydrogen-bond donors (Lipinski definition) is 1. The zero-order valence-corrected chi connectivity index (χ0v) is 7.78. The highest BCUT2D eigenvalue weighted by atomic mass is 17.2. The van der Waals surface area contributed by atoms with Gasteiger partial charge in [0.1, 0.15) is 6.10 Å². The van der Waals surface area contributed by atoms with Gasteiger partial charge >= 0.3 is 0 Å². The molecule has 1 aliphatic heterocycles. The zero-order valence-electron chi connectivity index (χ0n) is 7.78. The molecule has 1 heterocycles. The van der Waals surface area contributed by atoms with Gasteiger partial charge < -0.3 is 10.9 Å². The molecule has 13 heavy (non-hydrogen) atoms. The number of ether oxygens (including phenoxy) is 1. The molecule has 0 spiro atoms. The standard InChI is InChI=1S/C9H14O3.H3N/c1-2-6-10-8-9-5-3-4-7-11-12-9;/h2-3,5,9H,1,4,6-8H2;1H3. The highest BCUT2D eigenvalue weighted by Crippen LogP contribution is 2.03. The van der Waals surface area contributed by atoms with Gasteiger partial charge in [0, 0.05) is 0 Å². The van der Waals surface area contributed by atoms with E-state index in [9.17, 15) is 0 Å². The molecule has 0 aromatic heterocycles. The van der Waals surface area contributed by atoms with Crippen LogP contribution in [0.4, 0.5) is 0 Å². The molecule has 0 amide bonds. The smallest absolute Gasteiger partial charge is 0.134 e. The molecule has 0 aromatic carbocycles. The maximum absolute atomic E-state index is 5.20. The van der Waals surface area contributed by atoms with Crippen molar-refractivity contribution in [3.63, 3.8) is 0 Å². The summed E-state index contributed by atoms with van der Waals surface area (Å²) in [7, 11) is 0. The Labute approximate surface area is 78.7 Å². The molecule has 4 heteroatoms. The van der Waals surface area contributed by atoms with Gasteiger partial charge in [0.25, 0.3) is 0 Å². The van der Waals surface area contributed by atoms with Crippen molar-refractivity contribution in [2.24, 2.45) is 0 Å². The van der Waals surface area contributed by atoms with Crippen molar-refractivity contribution in [2.75, 3.05) is 19.8 Å². The Morgan fingerprint density at radius 3 is 3.23 bits per heavy atom. The van der Waals surface area contributed by atoms with E-state index in [4.69, 9.17) is 14.5 Å². The third kappa shape index (κ3) is 5.54. The molecule has 0 aromatic rings. The molecular formula is C9H17NO3. The van der Waals surface area contributed by atoms with Gasteiger partial charge in [0.2, 0.25) is 0 Å². The predicted molar refractivity (Wildman–Crippen MR) is 50.6 cm³/mol. The Morgan fingerprint density at radius 2 is 2.46 bits per heavy atom. The monoisotopic (exact) mass is 187 g/mol. The van der Waals surface area contributed by atoms with Crippen molar-refractivity contribution in [1.82, 2.24) is 6.15 Å². The molecule has 1 rings (SSSR count). The van der Waals surface area contributed by atoms with Gasteiger partial charge in [-0.25, -0.2) is 9.78 Å². The molecule has 0 saturated heterocycles. The van der Waals surface area contributed by atoms with Gasteiger partial charge in [-0.2, -0.15) is 0 Å². The van der Waals surface area contributed by atoms with Gasteiger partial charge in [0.05, 0.1) is 19.8 Å². The molecule has 4 nitrogen and oxygen atoms in total. The SMILES string of the molecule is C=CCOCC1C=CCCOO1.N. The molecule has 76 valence electrons. The summed E-state index contributed by atoms with van der Waals surface area (Å²) in [4.78, 5) is 9.87. The summed E-state index contributed by atoms with van der Waals surface area (Å²) in [5.41, 5.74) is 0. The second kappa shape index (κ2) is 7.94. The Balaban J connectivity index is 0.00000144. The summed E-state index contributed by atoms with van der Waals surface area (Å²) in [5.74, 6) is 0. The highest BCUT2D eigenvalue weighted by Gasteiger charge is 2.08. The lowest BCUT2D eigenvalue weighted by Gasteiger charge is -2.09. The van der Waals surface area contributed by atoms with E-state index in [-0.39, 0.29) is 12.3 Å². The molecule has 0 radical (unpaired) electrons. The third-order valence-electron chi connectivity index (χ3n) is 1.43. The van der Waals surface area contributed by atoms with Crippen molar-refractivity contribution in [3.8, 4) is 0 Å². The van der Waals surface area contributed by atoms with Crippen LogP contribution >= 0.6 is 0 Å². The average Bonchev–Trinajstić information content (AvgIpc) is 2.33. The summed E-state index contributed by atoms with van der Waals surface area (Å²) in [6.07, 6.45) is 6.53. The summed E-state index contributed by atoms with van der Waals surface area (Å²) < 4.78 is 5.20. The number of rotatable bonds is 4. The molecular weight excluding hydrogens is 170 g/mol. The van der Waals surface area contributed by atoms with Crippen LogP contribution in [-0.4, -0.2) is 25.9 Å². The first-order valence-corrected chi connectivity index (χ1v) is 4.07. The fourth-order valence-corrected chi connectivity index (χ4v) is 0.883. The topological polar surface area (TPSA) is 62.7 Å². The Morgan fingerprint density at radius 1 is 1.62 bits per heavy atom. The van der Waals surface area contributed by atoms with Crippen LogP contribution in [-0.2, 0) is 14.5 Å². The van der Waals surface area contributed by atoms with Crippen LogP contribution in [0.15, 0.2) is 24.8 Å². The van der Waals surface area contributed by atoms with Crippen molar-refractivity contribution < 1.29 is 14.5 Å². The van der Waals surface area contributed by atoms with Gasteiger partial charge in [-0.1, -0.05) is 18.2 Å². The maximum Gasteiger partial charge on any atom is 0.134 e. The van der Waals surface area contributed by atoms with E-state index < -0.39 is 0 Å². The lowest BCUT2D eigenvalue weighted by Crippen LogP contribution is -2.16. The summed E-state index contributed by atoms with van der Waals surface area (Å²) in [6.45, 7) is 5.23. The van der Waals surface area contributed by atoms with Crippen molar-refractivity contribution in [1.29, 1.82) is 0 Å².